The molecular formula is H2IKO2. The van der Waals surface area contributed by atoms with Gasteiger partial charge in [0, 0.05) is 0 Å². The van der Waals surface area contributed by atoms with Crippen LogP contribution in [0, 0.1) is 0 Å². The van der Waals surface area contributed by atoms with E-state index in [9.17, 15) is 0 Å². The molecule has 0 unspecified atom stereocenters. The first kappa shape index (κ1) is 9.56. The molecule has 0 heterocycles. The number of halogens is 1. The van der Waals surface area contributed by atoms with Gasteiger partial charge in [-0.1, -0.05) is 0 Å². The van der Waals surface area contributed by atoms with Crippen LogP contribution in [0.15, 0.2) is 0 Å². The number of hydrogen-bond donors (Lipinski definition) is 2. The van der Waals surface area contributed by atoms with E-state index in [1.54, 1.807) is 0 Å². The van der Waals surface area contributed by atoms with E-state index in [0.29, 0.717) is 0 Å². The summed E-state index contributed by atoms with van der Waals surface area (Å²) in [5.41, 5.74) is 0. The van der Waals surface area contributed by atoms with Crippen LogP contribution in [0.3, 0.4) is 0 Å². The summed E-state index contributed by atoms with van der Waals surface area (Å²) in [5.74, 6) is 0. The van der Waals surface area contributed by atoms with Crippen LogP contribution in [-0.4, -0.2) is 53.2 Å². The summed E-state index contributed by atoms with van der Waals surface area (Å²) in [6, 6.07) is 0. The molecule has 0 aliphatic rings. The third kappa shape index (κ3) is 8.86. The second-order valence-corrected chi connectivity index (χ2v) is 0. The van der Waals surface area contributed by atoms with Crippen molar-refractivity contribution in [3.8, 4) is 0 Å². The fraction of sp³-hybridized carbons (Fsp3) is 0. The maximum absolute atomic E-state index is 6.00. The zero-order valence-corrected chi connectivity index (χ0v) is 7.55. The third-order valence-corrected chi connectivity index (χ3v) is 0. The van der Waals surface area contributed by atoms with E-state index in [1.807, 2.05) is 0 Å². The Morgan fingerprint density at radius 2 is 1.25 bits per heavy atom. The number of rotatable bonds is 0. The zero-order chi connectivity index (χ0) is 4.00. The molecule has 0 aliphatic carbocycles. The fourth-order valence-electron chi connectivity index (χ4n) is 0. The van der Waals surface area contributed by atoms with Gasteiger partial charge in [-0.3, -0.25) is 10.5 Å². The second kappa shape index (κ2) is 18.6. The molecule has 0 aromatic carbocycles. The maximum atomic E-state index is 6.00. The molecule has 0 saturated carbocycles. The summed E-state index contributed by atoms with van der Waals surface area (Å²) in [6.45, 7) is 0. The van der Waals surface area contributed by atoms with Crippen LogP contribution >= 0.6 is 11.3 Å². The van der Waals surface area contributed by atoms with Gasteiger partial charge in [-0.25, -0.2) is 0 Å². The molecule has 2 N–H and O–H groups in total. The molecule has 4 heteroatoms. The van der Waals surface area contributed by atoms with Crippen LogP contribution in [0.2, 0.25) is 0 Å². The molecule has 4 heavy (non-hydrogen) atoms. The molecule has 0 aromatic rings. The van der Waals surface area contributed by atoms with Crippen molar-refractivity contribution >= 4 is 54.0 Å². The van der Waals surface area contributed by atoms with Gasteiger partial charge < -0.3 is 0 Å². The van der Waals surface area contributed by atoms with Crippen molar-refractivity contribution in [2.75, 3.05) is 0 Å². The summed E-state index contributed by atoms with van der Waals surface area (Å²) >= 11 is 3.37. The van der Waals surface area contributed by atoms with Crippen LogP contribution < -0.4 is 0 Å². The second-order valence-electron chi connectivity index (χ2n) is 0. The predicted molar refractivity (Wildman–Crippen MR) is 25.0 cm³/mol. The Kier molecular flexibility index (Phi) is 44.4. The van der Waals surface area contributed by atoms with E-state index in [1.165, 1.54) is 0 Å². The van der Waals surface area contributed by atoms with Gasteiger partial charge in [0.1, 0.15) is 0 Å². The standard InChI is InChI=1S/HI.K.H2O2/c;;1-2/h1H;;1-2H/q;+1;/p-1. The molecule has 0 saturated heterocycles. The van der Waals surface area contributed by atoms with Crippen LogP contribution in [0.5, 0.6) is 0 Å². The normalized spacial score (nSPS) is 3.25. The summed E-state index contributed by atoms with van der Waals surface area (Å²) in [6.07, 6.45) is 0. The minimum absolute atomic E-state index is 1.03. The van der Waals surface area contributed by atoms with Crippen LogP contribution in [0.1, 0.15) is 0 Å². The Bertz CT molecular complexity index is 6.00. The molecule has 0 fully saturated rings. The average Bonchev–Trinajstić information content (AvgIpc) is 1.50. The SMILES string of the molecule is OO.[K][I]. The van der Waals surface area contributed by atoms with Crippen LogP contribution in [0.25, 0.3) is 0 Å². The predicted octanol–water partition coefficient (Wildman–Crippen LogP) is 0.522. The van der Waals surface area contributed by atoms with Gasteiger partial charge in [0.25, 0.3) is 0 Å². The minimum atomic E-state index is 1.03. The first-order chi connectivity index (χ1) is 2.00. The summed E-state index contributed by atoms with van der Waals surface area (Å²) in [5, 5.41) is 12.0. The quantitative estimate of drug-likeness (QED) is 0.259. The first-order valence-corrected chi connectivity index (χ1v) is 10.7. The molecular weight excluding hydrogens is 198 g/mol. The number of hydrogen-bond acceptors (Lipinski definition) is 2. The average molecular weight is 200 g/mol. The van der Waals surface area contributed by atoms with Gasteiger partial charge in [-0.05, 0) is 0 Å². The van der Waals surface area contributed by atoms with Gasteiger partial charge in [0.15, 0.2) is 0 Å². The van der Waals surface area contributed by atoms with Gasteiger partial charge in [0.05, 0.1) is 0 Å². The van der Waals surface area contributed by atoms with Crippen LogP contribution in [-0.2, 0) is 0 Å². The van der Waals surface area contributed by atoms with Crippen molar-refractivity contribution < 1.29 is 10.5 Å². The van der Waals surface area contributed by atoms with E-state index < -0.39 is 0 Å². The molecule has 0 radical (unpaired) electrons. The van der Waals surface area contributed by atoms with Crippen LogP contribution in [0.4, 0.5) is 0 Å². The fourth-order valence-corrected chi connectivity index (χ4v) is 0. The molecule has 22 valence electrons. The van der Waals surface area contributed by atoms with Crippen molar-refractivity contribution in [3.63, 3.8) is 0 Å². The van der Waals surface area contributed by atoms with Gasteiger partial charge in [0.2, 0.25) is 0 Å². The molecule has 0 rings (SSSR count). The summed E-state index contributed by atoms with van der Waals surface area (Å²) in [7, 11) is 0. The van der Waals surface area contributed by atoms with Gasteiger partial charge in [-0.15, -0.1) is 0 Å². The van der Waals surface area contributed by atoms with E-state index in [0.717, 1.165) is 42.7 Å². The molecule has 0 aromatic heterocycles. The molecule has 0 aliphatic heterocycles. The van der Waals surface area contributed by atoms with E-state index >= 15 is 0 Å². The first-order valence-electron chi connectivity index (χ1n) is 0.578. The van der Waals surface area contributed by atoms with Crippen molar-refractivity contribution in [3.05, 3.63) is 0 Å². The van der Waals surface area contributed by atoms with Crippen molar-refractivity contribution in [1.29, 1.82) is 0 Å². The van der Waals surface area contributed by atoms with E-state index in [-0.39, 0.29) is 0 Å². The van der Waals surface area contributed by atoms with E-state index in [2.05, 4.69) is 11.3 Å². The monoisotopic (exact) mass is 200 g/mol. The Hall–Kier alpha value is 2.29. The van der Waals surface area contributed by atoms with Crippen molar-refractivity contribution in [2.24, 2.45) is 0 Å². The third-order valence-electron chi connectivity index (χ3n) is 0. The molecule has 0 spiro atoms. The topological polar surface area (TPSA) is 40.5 Å². The summed E-state index contributed by atoms with van der Waals surface area (Å²) in [4.78, 5) is 0. The zero-order valence-electron chi connectivity index (χ0n) is 2.27. The Labute approximate surface area is 62.6 Å². The Morgan fingerprint density at radius 1 is 1.25 bits per heavy atom. The Balaban J connectivity index is 0. The van der Waals surface area contributed by atoms with Gasteiger partial charge >= 0.3 is 54.0 Å². The Morgan fingerprint density at radius 3 is 1.25 bits per heavy atom. The summed E-state index contributed by atoms with van der Waals surface area (Å²) < 4.78 is 0. The molecule has 0 atom stereocenters. The molecule has 2 nitrogen and oxygen atoms in total. The van der Waals surface area contributed by atoms with Crippen molar-refractivity contribution in [2.45, 2.75) is 0 Å². The molecule has 0 bridgehead atoms. The van der Waals surface area contributed by atoms with Crippen molar-refractivity contribution in [1.82, 2.24) is 0 Å². The molecule has 0 amide bonds. The van der Waals surface area contributed by atoms with Gasteiger partial charge in [-0.2, -0.15) is 0 Å². The van der Waals surface area contributed by atoms with E-state index in [4.69, 9.17) is 10.5 Å².